The molecule has 0 radical (unpaired) electrons. The van der Waals surface area contributed by atoms with Gasteiger partial charge in [-0.25, -0.2) is 0 Å². The Bertz CT molecular complexity index is 583. The van der Waals surface area contributed by atoms with E-state index in [0.717, 1.165) is 17.7 Å². The number of methoxy groups -OCH3 is 1. The van der Waals surface area contributed by atoms with Crippen molar-refractivity contribution < 1.29 is 14.3 Å². The first kappa shape index (κ1) is 12.2. The lowest BCUT2D eigenvalue weighted by Crippen LogP contribution is -2.33. The van der Waals surface area contributed by atoms with E-state index in [1.807, 2.05) is 30.3 Å². The summed E-state index contributed by atoms with van der Waals surface area (Å²) in [5.41, 5.74) is 0.743. The van der Waals surface area contributed by atoms with Crippen LogP contribution in [0.25, 0.3) is 5.57 Å². The fraction of sp³-hybridized carbons (Fsp3) is 0.375. The highest BCUT2D eigenvalue weighted by Gasteiger charge is 2.55. The van der Waals surface area contributed by atoms with Crippen molar-refractivity contribution in [2.75, 3.05) is 7.11 Å². The van der Waals surface area contributed by atoms with Crippen molar-refractivity contribution in [2.45, 2.75) is 19.8 Å². The molecule has 0 aliphatic heterocycles. The van der Waals surface area contributed by atoms with Crippen LogP contribution in [0.3, 0.4) is 0 Å². The second-order valence-corrected chi connectivity index (χ2v) is 5.41. The average Bonchev–Trinajstić information content (AvgIpc) is 2.86. The number of Topliss-reactive ketones (excluding diaryl/α,β-unsaturated/α-hetero) is 2. The van der Waals surface area contributed by atoms with E-state index in [9.17, 15) is 9.59 Å². The fourth-order valence-electron chi connectivity index (χ4n) is 3.14. The van der Waals surface area contributed by atoms with Crippen LogP contribution < -0.4 is 4.74 Å². The van der Waals surface area contributed by atoms with Crippen LogP contribution in [-0.4, -0.2) is 18.7 Å². The summed E-state index contributed by atoms with van der Waals surface area (Å²) in [6.45, 7) is 1.79. The van der Waals surface area contributed by atoms with Crippen molar-refractivity contribution in [1.82, 2.24) is 0 Å². The molecule has 1 aromatic rings. The maximum absolute atomic E-state index is 12.6. The lowest BCUT2D eigenvalue weighted by atomic mass is 9.79. The van der Waals surface area contributed by atoms with Crippen molar-refractivity contribution >= 4 is 17.1 Å². The predicted octanol–water partition coefficient (Wildman–Crippen LogP) is 2.65. The van der Waals surface area contributed by atoms with Crippen molar-refractivity contribution in [2.24, 2.45) is 11.3 Å². The molecule has 0 spiro atoms. The summed E-state index contributed by atoms with van der Waals surface area (Å²) in [5.74, 6) is 0.898. The molecule has 0 saturated heterocycles. The quantitative estimate of drug-likeness (QED) is 0.764. The Morgan fingerprint density at radius 3 is 2.47 bits per heavy atom. The molecule has 2 aliphatic rings. The van der Waals surface area contributed by atoms with E-state index in [4.69, 9.17) is 4.74 Å². The molecule has 0 N–H and O–H groups in total. The monoisotopic (exact) mass is 256 g/mol. The molecular formula is C16H16O3. The second-order valence-electron chi connectivity index (χ2n) is 5.41. The van der Waals surface area contributed by atoms with Gasteiger partial charge in [0.25, 0.3) is 0 Å². The van der Waals surface area contributed by atoms with E-state index < -0.39 is 5.41 Å². The maximum Gasteiger partial charge on any atom is 0.176 e. The zero-order chi connectivity index (χ0) is 13.6. The molecule has 0 unspecified atom stereocenters. The van der Waals surface area contributed by atoms with Crippen LogP contribution in [0.2, 0.25) is 0 Å². The Balaban J connectivity index is 1.99. The Morgan fingerprint density at radius 1 is 1.21 bits per heavy atom. The van der Waals surface area contributed by atoms with Gasteiger partial charge in [-0.1, -0.05) is 18.2 Å². The predicted molar refractivity (Wildman–Crippen MR) is 71.8 cm³/mol. The SMILES string of the molecule is COc1ccc(C2=C[C@H]3CCC(=O)[C@@]3(C)C2=O)cc1. The highest BCUT2D eigenvalue weighted by molar-refractivity contribution is 6.32. The average molecular weight is 256 g/mol. The van der Waals surface area contributed by atoms with Gasteiger partial charge < -0.3 is 4.74 Å². The molecule has 3 heteroatoms. The number of benzene rings is 1. The Morgan fingerprint density at radius 2 is 1.89 bits per heavy atom. The molecule has 1 aromatic carbocycles. The van der Waals surface area contributed by atoms with E-state index in [0.29, 0.717) is 12.0 Å². The van der Waals surface area contributed by atoms with E-state index in [1.165, 1.54) is 0 Å². The summed E-state index contributed by atoms with van der Waals surface area (Å²) in [4.78, 5) is 24.5. The number of carbonyl (C=O) groups is 2. The number of fused-ring (bicyclic) bond motifs is 1. The number of carbonyl (C=O) groups excluding carboxylic acids is 2. The first-order chi connectivity index (χ1) is 9.07. The fourth-order valence-corrected chi connectivity index (χ4v) is 3.14. The van der Waals surface area contributed by atoms with Crippen LogP contribution in [0.5, 0.6) is 5.75 Å². The Kier molecular flexibility index (Phi) is 2.59. The minimum absolute atomic E-state index is 0.0230. The Labute approximate surface area is 112 Å². The number of ketones is 2. The van der Waals surface area contributed by atoms with Crippen LogP contribution >= 0.6 is 0 Å². The van der Waals surface area contributed by atoms with Gasteiger partial charge in [-0.15, -0.1) is 0 Å². The third kappa shape index (κ3) is 1.57. The van der Waals surface area contributed by atoms with Crippen LogP contribution in [0, 0.1) is 11.3 Å². The smallest absolute Gasteiger partial charge is 0.176 e. The Hall–Kier alpha value is -1.90. The van der Waals surface area contributed by atoms with Crippen LogP contribution in [0.1, 0.15) is 25.3 Å². The van der Waals surface area contributed by atoms with Crippen molar-refractivity contribution in [3.63, 3.8) is 0 Å². The van der Waals surface area contributed by atoms with Gasteiger partial charge in [0.05, 0.1) is 12.5 Å². The number of hydrogen-bond acceptors (Lipinski definition) is 3. The maximum atomic E-state index is 12.6. The molecule has 3 rings (SSSR count). The molecular weight excluding hydrogens is 240 g/mol. The summed E-state index contributed by atoms with van der Waals surface area (Å²) < 4.78 is 5.11. The topological polar surface area (TPSA) is 43.4 Å². The first-order valence-electron chi connectivity index (χ1n) is 6.51. The van der Waals surface area contributed by atoms with Crippen LogP contribution in [-0.2, 0) is 9.59 Å². The van der Waals surface area contributed by atoms with E-state index in [-0.39, 0.29) is 17.5 Å². The standard InChI is InChI=1S/C16H16O3/c1-16-11(5-8-14(16)17)9-13(15(16)18)10-3-6-12(19-2)7-4-10/h3-4,6-7,9,11H,5,8H2,1-2H3/t11-,16+/m1/s1. The first-order valence-corrected chi connectivity index (χ1v) is 6.51. The van der Waals surface area contributed by atoms with Gasteiger partial charge in [-0.05, 0) is 37.0 Å². The third-order valence-electron chi connectivity index (χ3n) is 4.49. The van der Waals surface area contributed by atoms with Gasteiger partial charge in [0.2, 0.25) is 0 Å². The third-order valence-corrected chi connectivity index (χ3v) is 4.49. The van der Waals surface area contributed by atoms with E-state index >= 15 is 0 Å². The van der Waals surface area contributed by atoms with Crippen LogP contribution in [0.4, 0.5) is 0 Å². The zero-order valence-electron chi connectivity index (χ0n) is 11.1. The van der Waals surface area contributed by atoms with Gasteiger partial charge in [0.1, 0.15) is 11.5 Å². The lowest BCUT2D eigenvalue weighted by Gasteiger charge is -2.20. The van der Waals surface area contributed by atoms with Gasteiger partial charge >= 0.3 is 0 Å². The summed E-state index contributed by atoms with van der Waals surface area (Å²) >= 11 is 0. The molecule has 3 nitrogen and oxygen atoms in total. The molecule has 98 valence electrons. The summed E-state index contributed by atoms with van der Waals surface area (Å²) in [5, 5.41) is 0. The number of ether oxygens (including phenoxy) is 1. The number of rotatable bonds is 2. The highest BCUT2D eigenvalue weighted by Crippen LogP contribution is 2.50. The minimum Gasteiger partial charge on any atom is -0.497 e. The largest absolute Gasteiger partial charge is 0.497 e. The van der Waals surface area contributed by atoms with Gasteiger partial charge in [0.15, 0.2) is 5.78 Å². The molecule has 0 amide bonds. The number of allylic oxidation sites excluding steroid dienone is 2. The second kappa shape index (κ2) is 4.05. The summed E-state index contributed by atoms with van der Waals surface area (Å²) in [6, 6.07) is 7.41. The summed E-state index contributed by atoms with van der Waals surface area (Å²) in [6.07, 6.45) is 3.30. The van der Waals surface area contributed by atoms with Gasteiger partial charge in [0, 0.05) is 12.0 Å². The van der Waals surface area contributed by atoms with Crippen LogP contribution in [0.15, 0.2) is 30.3 Å². The molecule has 2 atom stereocenters. The normalized spacial score (nSPS) is 29.4. The molecule has 1 saturated carbocycles. The van der Waals surface area contributed by atoms with Gasteiger partial charge in [-0.3, -0.25) is 9.59 Å². The molecule has 2 aliphatic carbocycles. The highest BCUT2D eigenvalue weighted by atomic mass is 16.5. The van der Waals surface area contributed by atoms with Gasteiger partial charge in [-0.2, -0.15) is 0 Å². The molecule has 0 heterocycles. The minimum atomic E-state index is -0.810. The molecule has 0 aromatic heterocycles. The molecule has 19 heavy (non-hydrogen) atoms. The van der Waals surface area contributed by atoms with E-state index in [1.54, 1.807) is 14.0 Å². The number of hydrogen-bond donors (Lipinski definition) is 0. The zero-order valence-corrected chi connectivity index (χ0v) is 11.1. The van der Waals surface area contributed by atoms with E-state index in [2.05, 4.69) is 0 Å². The summed E-state index contributed by atoms with van der Waals surface area (Å²) in [7, 11) is 1.61. The van der Waals surface area contributed by atoms with Crippen molar-refractivity contribution in [1.29, 1.82) is 0 Å². The molecule has 1 fully saturated rings. The molecule has 0 bridgehead atoms. The van der Waals surface area contributed by atoms with Crippen molar-refractivity contribution in [3.8, 4) is 5.75 Å². The lowest BCUT2D eigenvalue weighted by molar-refractivity contribution is -0.134. The van der Waals surface area contributed by atoms with Crippen molar-refractivity contribution in [3.05, 3.63) is 35.9 Å².